The van der Waals surface area contributed by atoms with E-state index in [-0.39, 0.29) is 10.0 Å². The minimum atomic E-state index is -4.58. The number of Topliss-reactive ketones (excluding diaryl/α,β-unsaturated/α-hetero) is 1. The first-order valence-corrected chi connectivity index (χ1v) is 5.12. The van der Waals surface area contributed by atoms with Gasteiger partial charge in [0.2, 0.25) is 0 Å². The van der Waals surface area contributed by atoms with Crippen molar-refractivity contribution in [2.75, 3.05) is 0 Å². The molecular formula is C10H6BrF3O3. The molecule has 0 unspecified atom stereocenters. The number of carboxylic acid groups (broad SMARTS) is 1. The Hall–Kier alpha value is -1.37. The van der Waals surface area contributed by atoms with Crippen molar-refractivity contribution < 1.29 is 27.9 Å². The molecule has 1 N–H and O–H groups in total. The van der Waals surface area contributed by atoms with Gasteiger partial charge in [0.05, 0.1) is 5.56 Å². The van der Waals surface area contributed by atoms with E-state index in [9.17, 15) is 22.8 Å². The van der Waals surface area contributed by atoms with Crippen LogP contribution in [0.25, 0.3) is 0 Å². The highest BCUT2D eigenvalue weighted by molar-refractivity contribution is 9.10. The number of benzene rings is 1. The van der Waals surface area contributed by atoms with Crippen LogP contribution in [0, 0.1) is 0 Å². The Labute approximate surface area is 102 Å². The molecular weight excluding hydrogens is 305 g/mol. The summed E-state index contributed by atoms with van der Waals surface area (Å²) in [5.74, 6) is -2.26. The topological polar surface area (TPSA) is 54.4 Å². The number of alkyl halides is 3. The van der Waals surface area contributed by atoms with Crippen molar-refractivity contribution in [3.8, 4) is 0 Å². The third kappa shape index (κ3) is 3.85. The van der Waals surface area contributed by atoms with E-state index in [0.29, 0.717) is 6.07 Å². The summed E-state index contributed by atoms with van der Waals surface area (Å²) < 4.78 is 37.3. The van der Waals surface area contributed by atoms with Gasteiger partial charge in [0.1, 0.15) is 6.42 Å². The zero-order valence-corrected chi connectivity index (χ0v) is 9.80. The van der Waals surface area contributed by atoms with Crippen LogP contribution in [0.4, 0.5) is 13.2 Å². The summed E-state index contributed by atoms with van der Waals surface area (Å²) in [5.41, 5.74) is -1.28. The van der Waals surface area contributed by atoms with Crippen LogP contribution in [0.2, 0.25) is 0 Å². The van der Waals surface area contributed by atoms with E-state index in [1.54, 1.807) is 0 Å². The predicted octanol–water partition coefficient (Wildman–Crippen LogP) is 3.13. The van der Waals surface area contributed by atoms with Gasteiger partial charge in [-0.2, -0.15) is 13.2 Å². The average molecular weight is 311 g/mol. The van der Waals surface area contributed by atoms with Gasteiger partial charge in [-0.05, 0) is 18.2 Å². The van der Waals surface area contributed by atoms with Gasteiger partial charge >= 0.3 is 12.1 Å². The number of carbonyl (C=O) groups is 2. The predicted molar refractivity (Wildman–Crippen MR) is 55.7 cm³/mol. The largest absolute Gasteiger partial charge is 0.481 e. The fourth-order valence-electron chi connectivity index (χ4n) is 1.15. The second-order valence-corrected chi connectivity index (χ2v) is 4.14. The molecule has 1 aromatic rings. The number of hydrogen-bond donors (Lipinski definition) is 1. The van der Waals surface area contributed by atoms with Gasteiger partial charge in [-0.15, -0.1) is 0 Å². The highest BCUT2D eigenvalue weighted by atomic mass is 79.9. The summed E-state index contributed by atoms with van der Waals surface area (Å²) in [5, 5.41) is 8.39. The molecule has 0 saturated heterocycles. The number of rotatable bonds is 3. The zero-order valence-electron chi connectivity index (χ0n) is 8.21. The van der Waals surface area contributed by atoms with Crippen LogP contribution in [0.5, 0.6) is 0 Å². The Bertz CT molecular complexity index is 468. The van der Waals surface area contributed by atoms with Gasteiger partial charge in [-0.1, -0.05) is 15.9 Å². The Kier molecular flexibility index (Phi) is 3.92. The van der Waals surface area contributed by atoms with Crippen LogP contribution < -0.4 is 0 Å². The lowest BCUT2D eigenvalue weighted by atomic mass is 10.1. The molecule has 0 amide bonds. The molecule has 92 valence electrons. The molecule has 0 aliphatic heterocycles. The maximum Gasteiger partial charge on any atom is 0.416 e. The first-order chi connectivity index (χ1) is 7.70. The number of halogens is 4. The van der Waals surface area contributed by atoms with Crippen molar-refractivity contribution in [1.29, 1.82) is 0 Å². The summed E-state index contributed by atoms with van der Waals surface area (Å²) >= 11 is 2.84. The lowest BCUT2D eigenvalue weighted by molar-refractivity contribution is -0.137. The van der Waals surface area contributed by atoms with Crippen LogP contribution >= 0.6 is 15.9 Å². The van der Waals surface area contributed by atoms with Crippen LogP contribution in [-0.2, 0) is 11.0 Å². The molecule has 0 aliphatic rings. The molecule has 0 spiro atoms. The Morgan fingerprint density at radius 3 is 2.29 bits per heavy atom. The van der Waals surface area contributed by atoms with Gasteiger partial charge in [0.15, 0.2) is 5.78 Å². The van der Waals surface area contributed by atoms with E-state index in [0.717, 1.165) is 12.1 Å². The fourth-order valence-corrected chi connectivity index (χ4v) is 1.65. The summed E-state index contributed by atoms with van der Waals surface area (Å²) in [6.45, 7) is 0. The van der Waals surface area contributed by atoms with Crippen LogP contribution in [0.1, 0.15) is 22.3 Å². The normalized spacial score (nSPS) is 11.3. The molecule has 17 heavy (non-hydrogen) atoms. The minimum absolute atomic E-state index is 0.0704. The van der Waals surface area contributed by atoms with Crippen LogP contribution in [0.15, 0.2) is 22.7 Å². The number of carbonyl (C=O) groups excluding carboxylic acids is 1. The third-order valence-corrected chi connectivity index (χ3v) is 2.32. The Balaban J connectivity index is 3.14. The molecule has 0 fully saturated rings. The van der Waals surface area contributed by atoms with E-state index in [4.69, 9.17) is 5.11 Å². The standard InChI is InChI=1S/C10H6BrF3O3/c11-7-2-5(8(15)4-9(16)17)1-6(3-7)10(12,13)14/h1-3H,4H2,(H,16,17). The van der Waals surface area contributed by atoms with Crippen molar-refractivity contribution in [2.24, 2.45) is 0 Å². The van der Waals surface area contributed by atoms with Crippen LogP contribution in [-0.4, -0.2) is 16.9 Å². The molecule has 0 aliphatic carbocycles. The van der Waals surface area contributed by atoms with E-state index >= 15 is 0 Å². The quantitative estimate of drug-likeness (QED) is 0.689. The molecule has 0 heterocycles. The number of aliphatic carboxylic acids is 1. The molecule has 3 nitrogen and oxygen atoms in total. The SMILES string of the molecule is O=C(O)CC(=O)c1cc(Br)cc(C(F)(F)F)c1. The van der Waals surface area contributed by atoms with Gasteiger partial charge in [-0.25, -0.2) is 0 Å². The maximum atomic E-state index is 12.4. The van der Waals surface area contributed by atoms with Crippen molar-refractivity contribution in [3.05, 3.63) is 33.8 Å². The Morgan fingerprint density at radius 1 is 1.24 bits per heavy atom. The third-order valence-electron chi connectivity index (χ3n) is 1.86. The molecule has 0 saturated carbocycles. The molecule has 0 aromatic heterocycles. The first-order valence-electron chi connectivity index (χ1n) is 4.33. The Morgan fingerprint density at radius 2 is 1.82 bits per heavy atom. The summed E-state index contributed by atoms with van der Waals surface area (Å²) in [4.78, 5) is 21.6. The molecule has 7 heteroatoms. The van der Waals surface area contributed by atoms with E-state index in [1.165, 1.54) is 0 Å². The number of hydrogen-bond acceptors (Lipinski definition) is 2. The summed E-state index contributed by atoms with van der Waals surface area (Å²) in [6, 6.07) is 2.61. The van der Waals surface area contributed by atoms with Crippen molar-refractivity contribution in [1.82, 2.24) is 0 Å². The fraction of sp³-hybridized carbons (Fsp3) is 0.200. The smallest absolute Gasteiger partial charge is 0.416 e. The average Bonchev–Trinajstić information content (AvgIpc) is 2.14. The number of ketones is 1. The zero-order chi connectivity index (χ0) is 13.2. The van der Waals surface area contributed by atoms with Crippen molar-refractivity contribution in [2.45, 2.75) is 12.6 Å². The second kappa shape index (κ2) is 4.87. The summed E-state index contributed by atoms with van der Waals surface area (Å²) in [6.07, 6.45) is -5.42. The molecule has 0 radical (unpaired) electrons. The maximum absolute atomic E-state index is 12.4. The highest BCUT2D eigenvalue weighted by Crippen LogP contribution is 2.32. The van der Waals surface area contributed by atoms with Gasteiger partial charge in [-0.3, -0.25) is 9.59 Å². The van der Waals surface area contributed by atoms with Gasteiger partial charge in [0, 0.05) is 10.0 Å². The lowest BCUT2D eigenvalue weighted by Crippen LogP contribution is -2.10. The second-order valence-electron chi connectivity index (χ2n) is 3.22. The van der Waals surface area contributed by atoms with Crippen molar-refractivity contribution in [3.63, 3.8) is 0 Å². The monoisotopic (exact) mass is 310 g/mol. The van der Waals surface area contributed by atoms with Gasteiger partial charge < -0.3 is 5.11 Å². The minimum Gasteiger partial charge on any atom is -0.481 e. The van der Waals surface area contributed by atoms with Crippen molar-refractivity contribution >= 4 is 27.7 Å². The molecule has 0 atom stereocenters. The van der Waals surface area contributed by atoms with Gasteiger partial charge in [0.25, 0.3) is 0 Å². The molecule has 1 rings (SSSR count). The van der Waals surface area contributed by atoms with E-state index in [1.807, 2.05) is 0 Å². The summed E-state index contributed by atoms with van der Waals surface area (Å²) in [7, 11) is 0. The first kappa shape index (κ1) is 13.7. The van der Waals surface area contributed by atoms with Crippen LogP contribution in [0.3, 0.4) is 0 Å². The number of carboxylic acids is 1. The molecule has 0 bridgehead atoms. The lowest BCUT2D eigenvalue weighted by Gasteiger charge is -2.09. The highest BCUT2D eigenvalue weighted by Gasteiger charge is 2.31. The van der Waals surface area contributed by atoms with E-state index in [2.05, 4.69) is 15.9 Å². The van der Waals surface area contributed by atoms with E-state index < -0.39 is 29.9 Å². The molecule has 1 aromatic carbocycles.